The second kappa shape index (κ2) is 7.47. The van der Waals surface area contributed by atoms with Gasteiger partial charge in [-0.25, -0.2) is 4.98 Å². The highest BCUT2D eigenvalue weighted by molar-refractivity contribution is 7.15. The van der Waals surface area contributed by atoms with Crippen LogP contribution in [0.5, 0.6) is 0 Å². The topological polar surface area (TPSA) is 54.9 Å². The molecule has 0 bridgehead atoms. The fourth-order valence-electron chi connectivity index (χ4n) is 3.70. The van der Waals surface area contributed by atoms with Gasteiger partial charge in [-0.3, -0.25) is 9.78 Å². The zero-order valence-electron chi connectivity index (χ0n) is 16.5. The summed E-state index contributed by atoms with van der Waals surface area (Å²) in [5.74, 6) is 0.104. The Morgan fingerprint density at radius 2 is 1.89 bits per heavy atom. The van der Waals surface area contributed by atoms with Gasteiger partial charge in [0, 0.05) is 34.4 Å². The molecule has 0 radical (unpaired) electrons. The van der Waals surface area contributed by atoms with Crippen molar-refractivity contribution in [3.05, 3.63) is 64.9 Å². The van der Waals surface area contributed by atoms with Crippen LogP contribution in [0.1, 0.15) is 43.3 Å². The summed E-state index contributed by atoms with van der Waals surface area (Å²) in [7, 11) is 0. The predicted octanol–water partition coefficient (Wildman–Crippen LogP) is 5.25. The Kier molecular flexibility index (Phi) is 5.02. The summed E-state index contributed by atoms with van der Waals surface area (Å²) in [5, 5.41) is 4.21. The van der Waals surface area contributed by atoms with Crippen LogP contribution >= 0.6 is 11.3 Å². The lowest BCUT2D eigenvalue weighted by Gasteiger charge is -2.25. The van der Waals surface area contributed by atoms with Crippen LogP contribution in [0.15, 0.2) is 48.8 Å². The first kappa shape index (κ1) is 18.8. The van der Waals surface area contributed by atoms with Crippen LogP contribution < -0.4 is 5.32 Å². The Balaban J connectivity index is 1.51. The van der Waals surface area contributed by atoms with Crippen molar-refractivity contribution in [1.82, 2.24) is 9.97 Å². The normalized spacial score (nSPS) is 16.5. The third-order valence-corrected chi connectivity index (χ3v) is 6.40. The summed E-state index contributed by atoms with van der Waals surface area (Å²) in [6.07, 6.45) is 6.05. The fraction of sp³-hybridized carbons (Fsp3) is 0.348. The maximum atomic E-state index is 13.0. The first-order chi connectivity index (χ1) is 13.4. The van der Waals surface area contributed by atoms with Crippen LogP contribution in [-0.4, -0.2) is 15.9 Å². The number of anilines is 1. The van der Waals surface area contributed by atoms with E-state index in [9.17, 15) is 4.79 Å². The second-order valence-electron chi connectivity index (χ2n) is 8.35. The third-order valence-electron chi connectivity index (χ3n) is 5.23. The molecule has 144 valence electrons. The molecule has 1 unspecified atom stereocenters. The Morgan fingerprint density at radius 3 is 2.64 bits per heavy atom. The van der Waals surface area contributed by atoms with E-state index in [1.165, 1.54) is 4.88 Å². The number of rotatable bonds is 3. The minimum Gasteiger partial charge on any atom is -0.326 e. The number of thiazole rings is 1. The average Bonchev–Trinajstić information content (AvgIpc) is 3.11. The first-order valence-electron chi connectivity index (χ1n) is 9.71. The fourth-order valence-corrected chi connectivity index (χ4v) is 4.89. The van der Waals surface area contributed by atoms with Crippen molar-refractivity contribution in [1.29, 1.82) is 0 Å². The average molecular weight is 392 g/mol. The van der Waals surface area contributed by atoms with Crippen molar-refractivity contribution in [2.45, 2.75) is 45.4 Å². The lowest BCUT2D eigenvalue weighted by atomic mass is 9.85. The Morgan fingerprint density at radius 1 is 1.14 bits per heavy atom. The molecule has 1 atom stereocenters. The van der Waals surface area contributed by atoms with Gasteiger partial charge in [0.15, 0.2) is 0 Å². The van der Waals surface area contributed by atoms with Gasteiger partial charge in [-0.05, 0) is 48.4 Å². The monoisotopic (exact) mass is 391 g/mol. The van der Waals surface area contributed by atoms with Crippen LogP contribution in [0, 0.1) is 5.92 Å². The quantitative estimate of drug-likeness (QED) is 0.664. The number of hydrogen-bond acceptors (Lipinski definition) is 4. The molecule has 0 saturated heterocycles. The van der Waals surface area contributed by atoms with Crippen molar-refractivity contribution in [3.8, 4) is 10.6 Å². The van der Waals surface area contributed by atoms with Crippen molar-refractivity contribution in [2.24, 2.45) is 5.92 Å². The number of para-hydroxylation sites is 1. The molecule has 1 N–H and O–H groups in total. The number of aryl methyl sites for hydroxylation is 1. The number of carbonyl (C=O) groups is 1. The van der Waals surface area contributed by atoms with Crippen LogP contribution in [0.2, 0.25) is 0 Å². The maximum Gasteiger partial charge on any atom is 0.227 e. The molecule has 1 amide bonds. The molecule has 1 aromatic carbocycles. The largest absolute Gasteiger partial charge is 0.326 e. The predicted molar refractivity (Wildman–Crippen MR) is 115 cm³/mol. The number of nitrogens with one attached hydrogen (secondary N) is 1. The number of aromatic nitrogens is 2. The number of nitrogens with zero attached hydrogens (tertiary/aromatic N) is 2. The number of fused-ring (bicyclic) bond motifs is 1. The van der Waals surface area contributed by atoms with E-state index in [4.69, 9.17) is 4.98 Å². The lowest BCUT2D eigenvalue weighted by molar-refractivity contribution is -0.120. The highest BCUT2D eigenvalue weighted by Gasteiger charge is 2.29. The first-order valence-corrected chi connectivity index (χ1v) is 10.5. The molecule has 5 heteroatoms. The lowest BCUT2D eigenvalue weighted by Crippen LogP contribution is -2.29. The number of pyridine rings is 1. The summed E-state index contributed by atoms with van der Waals surface area (Å²) < 4.78 is 0. The number of carbonyl (C=O) groups excluding carboxylic acids is 1. The van der Waals surface area contributed by atoms with E-state index in [1.807, 2.05) is 30.3 Å². The summed E-state index contributed by atoms with van der Waals surface area (Å²) in [5.41, 5.74) is 4.32. The molecule has 4 nitrogen and oxygen atoms in total. The molecule has 0 spiro atoms. The molecule has 0 fully saturated rings. The van der Waals surface area contributed by atoms with Gasteiger partial charge in [0.25, 0.3) is 0 Å². The van der Waals surface area contributed by atoms with Crippen molar-refractivity contribution < 1.29 is 4.79 Å². The van der Waals surface area contributed by atoms with E-state index in [2.05, 4.69) is 37.1 Å². The summed E-state index contributed by atoms with van der Waals surface area (Å²) >= 11 is 1.70. The van der Waals surface area contributed by atoms with Gasteiger partial charge >= 0.3 is 0 Å². The molecule has 0 aliphatic heterocycles. The van der Waals surface area contributed by atoms with Gasteiger partial charge in [0.1, 0.15) is 5.01 Å². The Labute approximate surface area is 170 Å². The van der Waals surface area contributed by atoms with E-state index in [1.54, 1.807) is 23.7 Å². The van der Waals surface area contributed by atoms with Crippen LogP contribution in [0.3, 0.4) is 0 Å². The minimum absolute atomic E-state index is 0.00809. The minimum atomic E-state index is -0.0132. The highest BCUT2D eigenvalue weighted by Crippen LogP contribution is 2.35. The van der Waals surface area contributed by atoms with Gasteiger partial charge in [-0.1, -0.05) is 39.0 Å². The molecule has 2 aromatic heterocycles. The van der Waals surface area contributed by atoms with Gasteiger partial charge in [-0.2, -0.15) is 0 Å². The Hall–Kier alpha value is -2.53. The van der Waals surface area contributed by atoms with E-state index in [0.29, 0.717) is 0 Å². The summed E-state index contributed by atoms with van der Waals surface area (Å²) in [6, 6.07) is 12.1. The standard InChI is InChI=1S/C23H25N3OS/c1-23(2,3)17-6-4-5-7-18(17)25-21(27)16-8-9-19-20(14-16)28-22(26-19)15-10-12-24-13-11-15/h4-7,10-13,16H,8-9,14H2,1-3H3,(H,25,27). The Bertz CT molecular complexity index is 989. The maximum absolute atomic E-state index is 13.0. The smallest absolute Gasteiger partial charge is 0.227 e. The molecular weight excluding hydrogens is 366 g/mol. The van der Waals surface area contributed by atoms with Crippen LogP contribution in [-0.2, 0) is 23.1 Å². The van der Waals surface area contributed by atoms with Crippen molar-refractivity contribution in [3.63, 3.8) is 0 Å². The zero-order valence-corrected chi connectivity index (χ0v) is 17.3. The molecular formula is C23H25N3OS. The van der Waals surface area contributed by atoms with E-state index >= 15 is 0 Å². The second-order valence-corrected chi connectivity index (χ2v) is 9.43. The summed E-state index contributed by atoms with van der Waals surface area (Å²) in [4.78, 5) is 23.1. The molecule has 1 aliphatic carbocycles. The highest BCUT2D eigenvalue weighted by atomic mass is 32.1. The molecule has 3 aromatic rings. The zero-order chi connectivity index (χ0) is 19.7. The number of benzene rings is 1. The van der Waals surface area contributed by atoms with Gasteiger partial charge in [0.2, 0.25) is 5.91 Å². The number of amides is 1. The van der Waals surface area contributed by atoms with Gasteiger partial charge in [-0.15, -0.1) is 11.3 Å². The van der Waals surface area contributed by atoms with E-state index in [-0.39, 0.29) is 17.2 Å². The van der Waals surface area contributed by atoms with Gasteiger partial charge < -0.3 is 5.32 Å². The summed E-state index contributed by atoms with van der Waals surface area (Å²) in [6.45, 7) is 6.51. The third kappa shape index (κ3) is 3.85. The van der Waals surface area contributed by atoms with Crippen molar-refractivity contribution >= 4 is 22.9 Å². The van der Waals surface area contributed by atoms with Gasteiger partial charge in [0.05, 0.1) is 5.69 Å². The molecule has 4 rings (SSSR count). The number of hydrogen-bond donors (Lipinski definition) is 1. The van der Waals surface area contributed by atoms with Crippen LogP contribution in [0.25, 0.3) is 10.6 Å². The molecule has 1 aliphatic rings. The molecule has 2 heterocycles. The SMILES string of the molecule is CC(C)(C)c1ccccc1NC(=O)C1CCc2nc(-c3ccncc3)sc2C1. The van der Waals surface area contributed by atoms with Crippen molar-refractivity contribution in [2.75, 3.05) is 5.32 Å². The van der Waals surface area contributed by atoms with E-state index < -0.39 is 0 Å². The van der Waals surface area contributed by atoms with Crippen LogP contribution in [0.4, 0.5) is 5.69 Å². The van der Waals surface area contributed by atoms with E-state index in [0.717, 1.165) is 46.8 Å². The molecule has 0 saturated carbocycles. The molecule has 28 heavy (non-hydrogen) atoms.